The first-order chi connectivity index (χ1) is 17.7. The largest absolute Gasteiger partial charge is 0.497 e. The molecule has 11 heteroatoms. The zero-order valence-electron chi connectivity index (χ0n) is 20.6. The molecule has 0 fully saturated rings. The van der Waals surface area contributed by atoms with Gasteiger partial charge in [-0.15, -0.1) is 0 Å². The summed E-state index contributed by atoms with van der Waals surface area (Å²) < 4.78 is 36.4. The number of hydrogen-bond donors (Lipinski definition) is 2. The van der Waals surface area contributed by atoms with E-state index in [1.807, 2.05) is 18.2 Å². The Labute approximate surface area is 216 Å². The predicted octanol–water partition coefficient (Wildman–Crippen LogP) is 3.02. The minimum Gasteiger partial charge on any atom is -0.497 e. The van der Waals surface area contributed by atoms with Crippen molar-refractivity contribution in [1.29, 1.82) is 0 Å². The number of para-hydroxylation sites is 1. The second-order valence-corrected chi connectivity index (χ2v) is 9.80. The summed E-state index contributed by atoms with van der Waals surface area (Å²) >= 11 is 0. The predicted molar refractivity (Wildman–Crippen MR) is 143 cm³/mol. The van der Waals surface area contributed by atoms with Crippen LogP contribution in [0, 0.1) is 0 Å². The number of rotatable bonds is 11. The maximum atomic E-state index is 12.6. The number of sulfonamides is 1. The van der Waals surface area contributed by atoms with Gasteiger partial charge in [0.1, 0.15) is 17.5 Å². The standard InChI is InChI=1S/C26H28N4O6S/c1-19(30(37(3,33)34)22-11-15-23(35-2)16-12-22)26(32)29-27-17-20-9-13-24(14-10-20)36-18-25(31)28-21-7-5-4-6-8-21/h4-17,19H,18H2,1-3H3,(H,28,31)(H,29,32)/b27-17-/t19-/m1/s1. The van der Waals surface area contributed by atoms with Crippen molar-refractivity contribution in [2.24, 2.45) is 5.10 Å². The Morgan fingerprint density at radius 2 is 1.59 bits per heavy atom. The summed E-state index contributed by atoms with van der Waals surface area (Å²) in [5, 5.41) is 6.66. The first kappa shape index (κ1) is 27.2. The minimum atomic E-state index is -3.76. The Balaban J connectivity index is 1.54. The van der Waals surface area contributed by atoms with Gasteiger partial charge in [0.05, 0.1) is 25.3 Å². The van der Waals surface area contributed by atoms with E-state index in [1.54, 1.807) is 60.7 Å². The Morgan fingerprint density at radius 3 is 2.19 bits per heavy atom. The molecule has 0 aliphatic carbocycles. The van der Waals surface area contributed by atoms with E-state index in [0.717, 1.165) is 10.6 Å². The number of anilines is 2. The molecule has 0 heterocycles. The molecular weight excluding hydrogens is 496 g/mol. The molecule has 0 bridgehead atoms. The van der Waals surface area contributed by atoms with Gasteiger partial charge in [-0.25, -0.2) is 13.8 Å². The lowest BCUT2D eigenvalue weighted by molar-refractivity contribution is -0.121. The molecule has 3 aromatic rings. The highest BCUT2D eigenvalue weighted by Crippen LogP contribution is 2.23. The Morgan fingerprint density at radius 1 is 0.973 bits per heavy atom. The highest BCUT2D eigenvalue weighted by molar-refractivity contribution is 7.92. The Hall–Kier alpha value is -4.38. The lowest BCUT2D eigenvalue weighted by atomic mass is 10.2. The van der Waals surface area contributed by atoms with Crippen LogP contribution in [0.5, 0.6) is 11.5 Å². The van der Waals surface area contributed by atoms with E-state index in [1.165, 1.54) is 20.2 Å². The van der Waals surface area contributed by atoms with Gasteiger partial charge in [-0.3, -0.25) is 13.9 Å². The molecule has 2 N–H and O–H groups in total. The lowest BCUT2D eigenvalue weighted by Crippen LogP contribution is -2.46. The number of nitrogens with zero attached hydrogens (tertiary/aromatic N) is 2. The molecule has 1 atom stereocenters. The summed E-state index contributed by atoms with van der Waals surface area (Å²) in [4.78, 5) is 24.6. The van der Waals surface area contributed by atoms with Gasteiger partial charge in [0.2, 0.25) is 10.0 Å². The molecule has 10 nitrogen and oxygen atoms in total. The van der Waals surface area contributed by atoms with Crippen molar-refractivity contribution in [3.63, 3.8) is 0 Å². The number of carbonyl (C=O) groups is 2. The van der Waals surface area contributed by atoms with Crippen molar-refractivity contribution in [2.75, 3.05) is 29.6 Å². The molecule has 0 unspecified atom stereocenters. The van der Waals surface area contributed by atoms with Crippen LogP contribution in [0.2, 0.25) is 0 Å². The summed E-state index contributed by atoms with van der Waals surface area (Å²) in [5.41, 5.74) is 4.03. The number of carbonyl (C=O) groups excluding carboxylic acids is 2. The first-order valence-electron chi connectivity index (χ1n) is 11.2. The number of hydrogen-bond acceptors (Lipinski definition) is 7. The zero-order valence-corrected chi connectivity index (χ0v) is 21.4. The van der Waals surface area contributed by atoms with Gasteiger partial charge < -0.3 is 14.8 Å². The third-order valence-electron chi connectivity index (χ3n) is 5.11. The van der Waals surface area contributed by atoms with Crippen LogP contribution in [0.15, 0.2) is 84.0 Å². The van der Waals surface area contributed by atoms with E-state index in [-0.39, 0.29) is 12.5 Å². The SMILES string of the molecule is COc1ccc(N([C@H](C)C(=O)N/N=C\c2ccc(OCC(=O)Nc3ccccc3)cc2)S(C)(=O)=O)cc1. The fourth-order valence-electron chi connectivity index (χ4n) is 3.32. The smallest absolute Gasteiger partial charge is 0.263 e. The van der Waals surface area contributed by atoms with Crippen molar-refractivity contribution in [2.45, 2.75) is 13.0 Å². The summed E-state index contributed by atoms with van der Waals surface area (Å²) in [5.74, 6) is 0.153. The number of hydrazone groups is 1. The molecule has 0 radical (unpaired) electrons. The van der Waals surface area contributed by atoms with Crippen molar-refractivity contribution < 1.29 is 27.5 Å². The number of nitrogens with one attached hydrogen (secondary N) is 2. The highest BCUT2D eigenvalue weighted by Gasteiger charge is 2.29. The second-order valence-electron chi connectivity index (χ2n) is 7.94. The average Bonchev–Trinajstić information content (AvgIpc) is 2.88. The van der Waals surface area contributed by atoms with Crippen molar-refractivity contribution in [3.8, 4) is 11.5 Å². The molecule has 0 saturated carbocycles. The van der Waals surface area contributed by atoms with Crippen LogP contribution in [0.25, 0.3) is 0 Å². The van der Waals surface area contributed by atoms with Crippen molar-refractivity contribution in [3.05, 3.63) is 84.4 Å². The van der Waals surface area contributed by atoms with Crippen LogP contribution >= 0.6 is 0 Å². The molecule has 2 amide bonds. The van der Waals surface area contributed by atoms with E-state index in [2.05, 4.69) is 15.8 Å². The van der Waals surface area contributed by atoms with Gasteiger partial charge in [0, 0.05) is 5.69 Å². The summed E-state index contributed by atoms with van der Waals surface area (Å²) in [6.07, 6.45) is 2.44. The van der Waals surface area contributed by atoms with Crippen LogP contribution in [0.3, 0.4) is 0 Å². The topological polar surface area (TPSA) is 126 Å². The number of amides is 2. The number of ether oxygens (including phenoxy) is 2. The molecule has 0 aromatic heterocycles. The minimum absolute atomic E-state index is 0.151. The molecule has 0 aliphatic heterocycles. The van der Waals surface area contributed by atoms with Gasteiger partial charge in [0.25, 0.3) is 11.8 Å². The summed E-state index contributed by atoms with van der Waals surface area (Å²) in [6.45, 7) is 1.32. The van der Waals surface area contributed by atoms with Gasteiger partial charge >= 0.3 is 0 Å². The fraction of sp³-hybridized carbons (Fsp3) is 0.192. The molecule has 0 spiro atoms. The Kier molecular flexibility index (Phi) is 9.22. The molecule has 0 saturated heterocycles. The van der Waals surface area contributed by atoms with Crippen LogP contribution < -0.4 is 24.5 Å². The van der Waals surface area contributed by atoms with Gasteiger partial charge in [0.15, 0.2) is 6.61 Å². The first-order valence-corrected chi connectivity index (χ1v) is 13.1. The van der Waals surface area contributed by atoms with E-state index < -0.39 is 22.0 Å². The lowest BCUT2D eigenvalue weighted by Gasteiger charge is -2.27. The van der Waals surface area contributed by atoms with Crippen LogP contribution in [0.4, 0.5) is 11.4 Å². The molecule has 3 rings (SSSR count). The normalized spacial score (nSPS) is 12.0. The summed E-state index contributed by atoms with van der Waals surface area (Å²) in [6, 6.07) is 21.1. The maximum Gasteiger partial charge on any atom is 0.263 e. The van der Waals surface area contributed by atoms with Crippen LogP contribution in [-0.4, -0.2) is 52.5 Å². The van der Waals surface area contributed by atoms with E-state index in [9.17, 15) is 18.0 Å². The maximum absolute atomic E-state index is 12.6. The number of methoxy groups -OCH3 is 1. The van der Waals surface area contributed by atoms with E-state index in [4.69, 9.17) is 9.47 Å². The second kappa shape index (κ2) is 12.5. The molecule has 0 aliphatic rings. The quantitative estimate of drug-likeness (QED) is 0.293. The monoisotopic (exact) mass is 524 g/mol. The third kappa shape index (κ3) is 8.07. The molecular formula is C26H28N4O6S. The van der Waals surface area contributed by atoms with E-state index in [0.29, 0.717) is 28.4 Å². The highest BCUT2D eigenvalue weighted by atomic mass is 32.2. The van der Waals surface area contributed by atoms with Gasteiger partial charge in [-0.2, -0.15) is 5.10 Å². The molecule has 37 heavy (non-hydrogen) atoms. The van der Waals surface area contributed by atoms with Crippen molar-refractivity contribution in [1.82, 2.24) is 5.43 Å². The van der Waals surface area contributed by atoms with Crippen LogP contribution in [-0.2, 0) is 19.6 Å². The average molecular weight is 525 g/mol. The summed E-state index contributed by atoms with van der Waals surface area (Å²) in [7, 11) is -2.25. The Bertz CT molecular complexity index is 1330. The van der Waals surface area contributed by atoms with Gasteiger partial charge in [-0.05, 0) is 73.2 Å². The van der Waals surface area contributed by atoms with E-state index >= 15 is 0 Å². The van der Waals surface area contributed by atoms with Crippen molar-refractivity contribution >= 4 is 39.4 Å². The zero-order chi connectivity index (χ0) is 26.8. The van der Waals surface area contributed by atoms with Crippen LogP contribution in [0.1, 0.15) is 12.5 Å². The third-order valence-corrected chi connectivity index (χ3v) is 6.35. The van der Waals surface area contributed by atoms with Gasteiger partial charge in [-0.1, -0.05) is 18.2 Å². The molecule has 3 aromatic carbocycles. The fourth-order valence-corrected chi connectivity index (χ4v) is 4.49. The number of benzene rings is 3. The molecule has 194 valence electrons.